The molecule has 1 atom stereocenters. The van der Waals surface area contributed by atoms with Gasteiger partial charge in [0.1, 0.15) is 6.04 Å². The van der Waals surface area contributed by atoms with Crippen molar-refractivity contribution in [1.82, 2.24) is 9.78 Å². The minimum atomic E-state index is -0.720. The third-order valence-electron chi connectivity index (χ3n) is 2.55. The van der Waals surface area contributed by atoms with Crippen LogP contribution in [0.3, 0.4) is 0 Å². The van der Waals surface area contributed by atoms with Crippen LogP contribution in [0.5, 0.6) is 0 Å². The summed E-state index contributed by atoms with van der Waals surface area (Å²) in [5, 5.41) is 7.08. The third-order valence-corrected chi connectivity index (χ3v) is 2.55. The van der Waals surface area contributed by atoms with E-state index in [4.69, 9.17) is 5.73 Å². The molecule has 1 unspecified atom stereocenters. The molecule has 6 heteroatoms. The van der Waals surface area contributed by atoms with Crippen molar-refractivity contribution in [2.45, 2.75) is 31.8 Å². The molecule has 6 nitrogen and oxygen atoms in total. The van der Waals surface area contributed by atoms with Crippen molar-refractivity contribution < 1.29 is 4.79 Å². The second kappa shape index (κ2) is 3.96. The molecule has 1 amide bonds. The molecule has 1 saturated carbocycles. The van der Waals surface area contributed by atoms with Gasteiger partial charge in [0.2, 0.25) is 5.91 Å². The van der Waals surface area contributed by atoms with E-state index in [1.807, 2.05) is 0 Å². The highest BCUT2D eigenvalue weighted by molar-refractivity contribution is 5.77. The number of primary amides is 1. The number of rotatable bonds is 4. The maximum atomic E-state index is 11.6. The first-order valence-corrected chi connectivity index (χ1v) is 5.22. The Bertz CT molecular complexity index is 464. The zero-order valence-corrected chi connectivity index (χ0v) is 9.01. The summed E-state index contributed by atoms with van der Waals surface area (Å²) >= 11 is 0. The number of carbonyl (C=O) groups excluding carboxylic acids is 1. The highest BCUT2D eigenvalue weighted by Crippen LogP contribution is 2.23. The number of nitrogens with two attached hydrogens (primary N) is 1. The van der Waals surface area contributed by atoms with Crippen LogP contribution >= 0.6 is 0 Å². The van der Waals surface area contributed by atoms with Gasteiger partial charge in [0.15, 0.2) is 0 Å². The van der Waals surface area contributed by atoms with Gasteiger partial charge in [-0.25, -0.2) is 4.68 Å². The monoisotopic (exact) mass is 222 g/mol. The Morgan fingerprint density at radius 1 is 1.69 bits per heavy atom. The van der Waals surface area contributed by atoms with E-state index >= 15 is 0 Å². The van der Waals surface area contributed by atoms with E-state index < -0.39 is 11.9 Å². The fourth-order valence-corrected chi connectivity index (χ4v) is 1.37. The molecular weight excluding hydrogens is 208 g/mol. The molecule has 0 aliphatic heterocycles. The van der Waals surface area contributed by atoms with Gasteiger partial charge in [0.25, 0.3) is 5.56 Å². The first-order chi connectivity index (χ1) is 7.58. The molecule has 1 fully saturated rings. The van der Waals surface area contributed by atoms with Gasteiger partial charge in [-0.3, -0.25) is 9.59 Å². The van der Waals surface area contributed by atoms with Gasteiger partial charge in [-0.1, -0.05) is 0 Å². The molecule has 3 N–H and O–H groups in total. The van der Waals surface area contributed by atoms with E-state index in [2.05, 4.69) is 10.4 Å². The van der Waals surface area contributed by atoms with Crippen molar-refractivity contribution in [3.63, 3.8) is 0 Å². The Balaban J connectivity index is 2.21. The SMILES string of the molecule is CC(C(N)=O)n1ncc(NC2CC2)cc1=O. The smallest absolute Gasteiger partial charge is 0.269 e. The molecule has 86 valence electrons. The molecule has 0 saturated heterocycles. The summed E-state index contributed by atoms with van der Waals surface area (Å²) in [4.78, 5) is 22.6. The first-order valence-electron chi connectivity index (χ1n) is 5.22. The van der Waals surface area contributed by atoms with E-state index in [0.29, 0.717) is 11.7 Å². The third kappa shape index (κ3) is 2.21. The highest BCUT2D eigenvalue weighted by atomic mass is 16.2. The second-order valence-electron chi connectivity index (χ2n) is 4.02. The molecule has 0 aromatic carbocycles. The summed E-state index contributed by atoms with van der Waals surface area (Å²) < 4.78 is 1.08. The second-order valence-corrected chi connectivity index (χ2v) is 4.02. The first kappa shape index (κ1) is 10.7. The van der Waals surface area contributed by atoms with Crippen molar-refractivity contribution in [3.05, 3.63) is 22.6 Å². The lowest BCUT2D eigenvalue weighted by Gasteiger charge is -2.10. The molecule has 1 aliphatic rings. The molecule has 0 bridgehead atoms. The van der Waals surface area contributed by atoms with Crippen LogP contribution in [-0.2, 0) is 4.79 Å². The van der Waals surface area contributed by atoms with Crippen LogP contribution in [0, 0.1) is 0 Å². The van der Waals surface area contributed by atoms with Gasteiger partial charge in [-0.2, -0.15) is 5.10 Å². The largest absolute Gasteiger partial charge is 0.381 e. The number of nitrogens with one attached hydrogen (secondary N) is 1. The van der Waals surface area contributed by atoms with E-state index in [1.54, 1.807) is 13.1 Å². The number of carbonyl (C=O) groups is 1. The van der Waals surface area contributed by atoms with Crippen molar-refractivity contribution in [3.8, 4) is 0 Å². The summed E-state index contributed by atoms with van der Waals surface area (Å²) in [6.45, 7) is 1.55. The van der Waals surface area contributed by atoms with Gasteiger partial charge < -0.3 is 11.1 Å². The van der Waals surface area contributed by atoms with E-state index in [-0.39, 0.29) is 5.56 Å². The number of aromatic nitrogens is 2. The molecule has 2 rings (SSSR count). The van der Waals surface area contributed by atoms with Crippen LogP contribution in [0.4, 0.5) is 5.69 Å². The minimum Gasteiger partial charge on any atom is -0.381 e. The predicted octanol–water partition coefficient (Wildman–Crippen LogP) is -0.136. The van der Waals surface area contributed by atoms with Crippen LogP contribution in [0.15, 0.2) is 17.1 Å². The summed E-state index contributed by atoms with van der Waals surface area (Å²) in [7, 11) is 0. The van der Waals surface area contributed by atoms with Crippen LogP contribution in [0.25, 0.3) is 0 Å². The Kier molecular flexibility index (Phi) is 2.64. The number of hydrogen-bond acceptors (Lipinski definition) is 4. The molecule has 1 heterocycles. The van der Waals surface area contributed by atoms with Gasteiger partial charge >= 0.3 is 0 Å². The number of hydrogen-bond donors (Lipinski definition) is 2. The summed E-state index contributed by atoms with van der Waals surface area (Å²) in [5.74, 6) is -0.572. The van der Waals surface area contributed by atoms with E-state index in [0.717, 1.165) is 17.5 Å². The topological polar surface area (TPSA) is 90.0 Å². The Hall–Kier alpha value is -1.85. The highest BCUT2D eigenvalue weighted by Gasteiger charge is 2.21. The average molecular weight is 222 g/mol. The van der Waals surface area contributed by atoms with Crippen molar-refractivity contribution in [2.75, 3.05) is 5.32 Å². The van der Waals surface area contributed by atoms with Crippen molar-refractivity contribution in [1.29, 1.82) is 0 Å². The van der Waals surface area contributed by atoms with Crippen LogP contribution in [0.2, 0.25) is 0 Å². The fourth-order valence-electron chi connectivity index (χ4n) is 1.37. The van der Waals surface area contributed by atoms with Crippen LogP contribution in [-0.4, -0.2) is 21.7 Å². The number of anilines is 1. The van der Waals surface area contributed by atoms with Gasteiger partial charge in [-0.15, -0.1) is 0 Å². The van der Waals surface area contributed by atoms with Crippen LogP contribution in [0.1, 0.15) is 25.8 Å². The Labute approximate surface area is 92.4 Å². The normalized spacial score (nSPS) is 16.8. The molecular formula is C10H14N4O2. The molecule has 1 aromatic rings. The molecule has 1 aliphatic carbocycles. The zero-order valence-electron chi connectivity index (χ0n) is 9.01. The lowest BCUT2D eigenvalue weighted by molar-refractivity contribution is -0.121. The number of amides is 1. The zero-order chi connectivity index (χ0) is 11.7. The summed E-state index contributed by atoms with van der Waals surface area (Å²) in [6.07, 6.45) is 3.79. The molecule has 0 spiro atoms. The molecule has 1 aromatic heterocycles. The minimum absolute atomic E-state index is 0.322. The summed E-state index contributed by atoms with van der Waals surface area (Å²) in [5.41, 5.74) is 5.48. The van der Waals surface area contributed by atoms with Gasteiger partial charge in [0, 0.05) is 12.1 Å². The Morgan fingerprint density at radius 2 is 2.38 bits per heavy atom. The maximum Gasteiger partial charge on any atom is 0.269 e. The lowest BCUT2D eigenvalue weighted by atomic mass is 10.3. The van der Waals surface area contributed by atoms with E-state index in [1.165, 1.54) is 6.07 Å². The summed E-state index contributed by atoms with van der Waals surface area (Å²) in [6, 6.07) is 1.18. The Morgan fingerprint density at radius 3 is 2.88 bits per heavy atom. The van der Waals surface area contributed by atoms with Crippen molar-refractivity contribution in [2.24, 2.45) is 5.73 Å². The molecule has 16 heavy (non-hydrogen) atoms. The average Bonchev–Trinajstić information content (AvgIpc) is 3.01. The fraction of sp³-hybridized carbons (Fsp3) is 0.500. The predicted molar refractivity (Wildman–Crippen MR) is 59.0 cm³/mol. The quantitative estimate of drug-likeness (QED) is 0.742. The number of nitrogens with zero attached hydrogens (tertiary/aromatic N) is 2. The van der Waals surface area contributed by atoms with Gasteiger partial charge in [-0.05, 0) is 19.8 Å². The van der Waals surface area contributed by atoms with Crippen LogP contribution < -0.4 is 16.6 Å². The maximum absolute atomic E-state index is 11.6. The standard InChI is InChI=1S/C10H14N4O2/c1-6(10(11)16)14-9(15)4-8(5-12-14)13-7-2-3-7/h4-7,13H,2-3H2,1H3,(H2,11,16). The lowest BCUT2D eigenvalue weighted by Crippen LogP contribution is -2.33. The van der Waals surface area contributed by atoms with E-state index in [9.17, 15) is 9.59 Å². The molecule has 0 radical (unpaired) electrons. The van der Waals surface area contributed by atoms with Gasteiger partial charge in [0.05, 0.1) is 11.9 Å². The van der Waals surface area contributed by atoms with Crippen molar-refractivity contribution >= 4 is 11.6 Å².